The summed E-state index contributed by atoms with van der Waals surface area (Å²) in [5.74, 6) is 1.55. The molecular formula is C8H12ClN3O2S. The quantitative estimate of drug-likeness (QED) is 0.348. The van der Waals surface area contributed by atoms with E-state index in [1.165, 1.54) is 18.1 Å². The molecule has 0 fully saturated rings. The summed E-state index contributed by atoms with van der Waals surface area (Å²) in [4.78, 5) is 13.9. The van der Waals surface area contributed by atoms with Crippen LogP contribution in [-0.4, -0.2) is 26.1 Å². The zero-order valence-electron chi connectivity index (χ0n) is 8.51. The fourth-order valence-corrected chi connectivity index (χ4v) is 2.27. The first kappa shape index (κ1) is 12.3. The maximum atomic E-state index is 10.6. The highest BCUT2D eigenvalue weighted by Gasteiger charge is 2.20. The van der Waals surface area contributed by atoms with Crippen LogP contribution in [0.2, 0.25) is 0 Å². The summed E-state index contributed by atoms with van der Waals surface area (Å²) in [5.41, 5.74) is 0. The Hall–Kier alpha value is -0.750. The molecular weight excluding hydrogens is 238 g/mol. The summed E-state index contributed by atoms with van der Waals surface area (Å²) in [5, 5.41) is 11.2. The third-order valence-corrected chi connectivity index (χ3v) is 3.81. The van der Waals surface area contributed by atoms with E-state index in [4.69, 9.17) is 11.6 Å². The second-order valence-electron chi connectivity index (χ2n) is 3.31. The lowest BCUT2D eigenvalue weighted by Gasteiger charge is -2.06. The fraction of sp³-hybridized carbons (Fsp3) is 0.625. The van der Waals surface area contributed by atoms with Gasteiger partial charge in [-0.05, 0) is 15.8 Å². The molecule has 0 aliphatic heterocycles. The lowest BCUT2D eigenvalue weighted by atomic mass is 10.3. The Kier molecular flexibility index (Phi) is 4.41. The number of aromatic nitrogens is 2. The number of halogens is 1. The van der Waals surface area contributed by atoms with Crippen LogP contribution in [0.3, 0.4) is 0 Å². The zero-order chi connectivity index (χ0) is 11.4. The molecule has 1 aromatic heterocycles. The fourth-order valence-electron chi connectivity index (χ4n) is 0.964. The Morgan fingerprint density at radius 1 is 1.80 bits per heavy atom. The van der Waals surface area contributed by atoms with E-state index in [1.54, 1.807) is 11.6 Å². The lowest BCUT2D eigenvalue weighted by molar-refractivity contribution is -0.392. The highest BCUT2D eigenvalue weighted by Crippen LogP contribution is 2.28. The minimum Gasteiger partial charge on any atom is -0.358 e. The van der Waals surface area contributed by atoms with Crippen molar-refractivity contribution in [3.8, 4) is 0 Å². The van der Waals surface area contributed by atoms with E-state index in [0.717, 1.165) is 5.75 Å². The molecule has 5 nitrogen and oxygen atoms in total. The van der Waals surface area contributed by atoms with Gasteiger partial charge in [0.2, 0.25) is 6.33 Å². The molecule has 7 heteroatoms. The van der Waals surface area contributed by atoms with Crippen molar-refractivity contribution in [1.82, 2.24) is 9.55 Å². The number of thioether (sulfide) groups is 1. The third kappa shape index (κ3) is 3.10. The monoisotopic (exact) mass is 249 g/mol. The molecule has 0 spiro atoms. The van der Waals surface area contributed by atoms with Gasteiger partial charge >= 0.3 is 5.82 Å². The summed E-state index contributed by atoms with van der Waals surface area (Å²) in [6.07, 6.45) is 1.45. The van der Waals surface area contributed by atoms with Gasteiger partial charge in [0.05, 0.1) is 0 Å². The first-order valence-corrected chi connectivity index (χ1v) is 5.92. The van der Waals surface area contributed by atoms with Gasteiger partial charge in [0.25, 0.3) is 0 Å². The van der Waals surface area contributed by atoms with Gasteiger partial charge in [0.1, 0.15) is 0 Å². The number of hydrogen-bond donors (Lipinski definition) is 0. The molecule has 15 heavy (non-hydrogen) atoms. The van der Waals surface area contributed by atoms with Crippen LogP contribution in [0.1, 0.15) is 6.92 Å². The molecule has 0 aliphatic carbocycles. The Morgan fingerprint density at radius 3 is 3.00 bits per heavy atom. The van der Waals surface area contributed by atoms with E-state index >= 15 is 0 Å². The molecule has 0 radical (unpaired) electrons. The molecule has 1 unspecified atom stereocenters. The van der Waals surface area contributed by atoms with E-state index in [9.17, 15) is 10.1 Å². The summed E-state index contributed by atoms with van der Waals surface area (Å²) in [6.45, 7) is 2.00. The number of rotatable bonds is 5. The molecule has 84 valence electrons. The smallest absolute Gasteiger partial charge is 0.358 e. The predicted molar refractivity (Wildman–Crippen MR) is 60.5 cm³/mol. The Bertz CT molecular complexity index is 356. The molecule has 1 atom stereocenters. The Morgan fingerprint density at radius 2 is 2.47 bits per heavy atom. The summed E-state index contributed by atoms with van der Waals surface area (Å²) in [7, 11) is 1.74. The SMILES string of the molecule is CC(CCl)CSc1c([N+](=O)[O-])ncn1C. The van der Waals surface area contributed by atoms with Crippen molar-refractivity contribution >= 4 is 29.2 Å². The van der Waals surface area contributed by atoms with Crippen LogP contribution in [0, 0.1) is 16.0 Å². The number of alkyl halides is 1. The number of hydrogen-bond acceptors (Lipinski definition) is 4. The minimum absolute atomic E-state index is 0.0794. The van der Waals surface area contributed by atoms with Crippen molar-refractivity contribution in [3.63, 3.8) is 0 Å². The topological polar surface area (TPSA) is 61.0 Å². The van der Waals surface area contributed by atoms with E-state index in [1.807, 2.05) is 6.92 Å². The second kappa shape index (κ2) is 5.37. The first-order chi connectivity index (χ1) is 7.06. The van der Waals surface area contributed by atoms with E-state index < -0.39 is 4.92 Å². The first-order valence-electron chi connectivity index (χ1n) is 4.40. The highest BCUT2D eigenvalue weighted by molar-refractivity contribution is 7.99. The van der Waals surface area contributed by atoms with Gasteiger partial charge in [0.15, 0.2) is 5.03 Å². The van der Waals surface area contributed by atoms with E-state index in [2.05, 4.69) is 4.98 Å². The molecule has 1 heterocycles. The number of imidazole rings is 1. The molecule has 0 amide bonds. The average molecular weight is 250 g/mol. The lowest BCUT2D eigenvalue weighted by Crippen LogP contribution is -2.01. The van der Waals surface area contributed by atoms with Crippen molar-refractivity contribution in [2.45, 2.75) is 11.9 Å². The van der Waals surface area contributed by atoms with Gasteiger partial charge in [-0.3, -0.25) is 0 Å². The van der Waals surface area contributed by atoms with Crippen LogP contribution in [0.15, 0.2) is 11.4 Å². The van der Waals surface area contributed by atoms with Crippen molar-refractivity contribution in [2.75, 3.05) is 11.6 Å². The van der Waals surface area contributed by atoms with Crippen molar-refractivity contribution in [2.24, 2.45) is 13.0 Å². The summed E-state index contributed by atoms with van der Waals surface area (Å²) < 4.78 is 1.66. The van der Waals surface area contributed by atoms with Crippen LogP contribution in [-0.2, 0) is 7.05 Å². The largest absolute Gasteiger partial charge is 0.395 e. The molecule has 0 saturated carbocycles. The minimum atomic E-state index is -0.465. The number of nitrogens with zero attached hydrogens (tertiary/aromatic N) is 3. The van der Waals surface area contributed by atoms with Crippen molar-refractivity contribution in [1.29, 1.82) is 0 Å². The predicted octanol–water partition coefficient (Wildman–Crippen LogP) is 2.30. The Labute approximate surface area is 97.0 Å². The van der Waals surface area contributed by atoms with Crippen molar-refractivity contribution < 1.29 is 4.92 Å². The van der Waals surface area contributed by atoms with Gasteiger partial charge in [-0.15, -0.1) is 11.6 Å². The van der Waals surface area contributed by atoms with Crippen molar-refractivity contribution in [3.05, 3.63) is 16.4 Å². The number of nitro groups is 1. The summed E-state index contributed by atoms with van der Waals surface area (Å²) in [6, 6.07) is 0. The normalized spacial score (nSPS) is 12.7. The molecule has 0 aromatic carbocycles. The van der Waals surface area contributed by atoms with Crippen LogP contribution >= 0.6 is 23.4 Å². The van der Waals surface area contributed by atoms with Gasteiger partial charge in [-0.25, -0.2) is 0 Å². The maximum absolute atomic E-state index is 10.6. The van der Waals surface area contributed by atoms with Crippen LogP contribution in [0.25, 0.3) is 0 Å². The van der Waals surface area contributed by atoms with E-state index in [-0.39, 0.29) is 5.82 Å². The molecule has 1 aromatic rings. The molecule has 0 aliphatic rings. The standard InChI is InChI=1S/C8H12ClN3O2S/c1-6(3-9)4-15-8-7(12(13)14)10-5-11(8)2/h5-6H,3-4H2,1-2H3. The zero-order valence-corrected chi connectivity index (χ0v) is 10.1. The molecule has 0 bridgehead atoms. The third-order valence-electron chi connectivity index (χ3n) is 1.81. The van der Waals surface area contributed by atoms with E-state index in [0.29, 0.717) is 16.8 Å². The highest BCUT2D eigenvalue weighted by atomic mass is 35.5. The van der Waals surface area contributed by atoms with Gasteiger partial charge < -0.3 is 14.7 Å². The van der Waals surface area contributed by atoms with Gasteiger partial charge in [-0.1, -0.05) is 18.7 Å². The molecule has 0 N–H and O–H groups in total. The Balaban J connectivity index is 2.75. The average Bonchev–Trinajstić information content (AvgIpc) is 2.56. The summed E-state index contributed by atoms with van der Waals surface area (Å²) >= 11 is 7.08. The van der Waals surface area contributed by atoms with Gasteiger partial charge in [-0.2, -0.15) is 0 Å². The molecule has 0 saturated heterocycles. The van der Waals surface area contributed by atoms with Crippen LogP contribution < -0.4 is 0 Å². The maximum Gasteiger partial charge on any atom is 0.395 e. The number of aryl methyl sites for hydroxylation is 1. The van der Waals surface area contributed by atoms with Crippen LogP contribution in [0.5, 0.6) is 0 Å². The van der Waals surface area contributed by atoms with Gasteiger partial charge in [0, 0.05) is 18.7 Å². The van der Waals surface area contributed by atoms with Crippen LogP contribution in [0.4, 0.5) is 5.82 Å². The second-order valence-corrected chi connectivity index (χ2v) is 4.63. The molecule has 1 rings (SSSR count).